The molecule has 0 aliphatic carbocycles. The highest BCUT2D eigenvalue weighted by Crippen LogP contribution is 2.28. The van der Waals surface area contributed by atoms with E-state index >= 15 is 0 Å². The second-order valence-electron chi connectivity index (χ2n) is 4.61. The second kappa shape index (κ2) is 5.83. The zero-order chi connectivity index (χ0) is 14.8. The molecule has 21 heavy (non-hydrogen) atoms. The average molecular weight is 315 g/mol. The maximum Gasteiger partial charge on any atom is 0.264 e. The number of rotatable bonds is 2. The van der Waals surface area contributed by atoms with E-state index in [1.165, 1.54) is 17.3 Å². The van der Waals surface area contributed by atoms with Crippen LogP contribution in [0.1, 0.15) is 16.3 Å². The van der Waals surface area contributed by atoms with Gasteiger partial charge in [0.05, 0.1) is 21.3 Å². The molecule has 0 radical (unpaired) electrons. The van der Waals surface area contributed by atoms with E-state index in [0.717, 1.165) is 16.4 Å². The number of thiazole rings is 1. The molecule has 0 spiro atoms. The van der Waals surface area contributed by atoms with E-state index in [1.807, 2.05) is 43.5 Å². The van der Waals surface area contributed by atoms with Crippen LogP contribution in [0.25, 0.3) is 6.08 Å². The van der Waals surface area contributed by atoms with Gasteiger partial charge in [-0.05, 0) is 43.8 Å². The van der Waals surface area contributed by atoms with Gasteiger partial charge in [0.2, 0.25) is 0 Å². The van der Waals surface area contributed by atoms with Crippen molar-refractivity contribution in [2.75, 3.05) is 0 Å². The Kier molecular flexibility index (Phi) is 3.90. The predicted molar refractivity (Wildman–Crippen MR) is 88.8 cm³/mol. The summed E-state index contributed by atoms with van der Waals surface area (Å²) in [7, 11) is 0. The third-order valence-corrected chi connectivity index (χ3v) is 4.53. The quantitative estimate of drug-likeness (QED) is 0.861. The Morgan fingerprint density at radius 2 is 2.00 bits per heavy atom. The van der Waals surface area contributed by atoms with Crippen LogP contribution in [0.4, 0.5) is 5.69 Å². The molecule has 0 bridgehead atoms. The second-order valence-corrected chi connectivity index (χ2v) is 6.70. The fraction of sp³-hybridized carbons (Fsp3) is 0.133. The summed E-state index contributed by atoms with van der Waals surface area (Å²) in [5.74, 6) is -0.128. The van der Waals surface area contributed by atoms with Crippen molar-refractivity contribution in [2.24, 2.45) is 4.99 Å². The molecule has 0 unspecified atom stereocenters. The zero-order valence-corrected chi connectivity index (χ0v) is 13.2. The van der Waals surface area contributed by atoms with E-state index in [0.29, 0.717) is 10.1 Å². The number of thioether (sulfide) groups is 1. The minimum absolute atomic E-state index is 0.128. The highest BCUT2D eigenvalue weighted by atomic mass is 32.2. The normalized spacial score (nSPS) is 18.5. The molecule has 1 aromatic heterocycles. The van der Waals surface area contributed by atoms with Gasteiger partial charge in [-0.1, -0.05) is 17.7 Å². The molecule has 1 N–H and O–H groups in total. The molecule has 1 saturated heterocycles. The van der Waals surface area contributed by atoms with Crippen molar-refractivity contribution in [3.63, 3.8) is 0 Å². The highest BCUT2D eigenvalue weighted by molar-refractivity contribution is 8.18. The van der Waals surface area contributed by atoms with E-state index in [9.17, 15) is 4.79 Å². The van der Waals surface area contributed by atoms with Crippen molar-refractivity contribution in [1.82, 2.24) is 10.3 Å². The van der Waals surface area contributed by atoms with Crippen LogP contribution >= 0.6 is 23.1 Å². The summed E-state index contributed by atoms with van der Waals surface area (Å²) in [6.45, 7) is 3.97. The molecule has 2 aromatic rings. The van der Waals surface area contributed by atoms with Gasteiger partial charge < -0.3 is 5.32 Å². The van der Waals surface area contributed by atoms with Crippen molar-refractivity contribution in [3.05, 3.63) is 50.8 Å². The molecule has 1 aliphatic heterocycles. The summed E-state index contributed by atoms with van der Waals surface area (Å²) in [6.07, 6.45) is 1.79. The van der Waals surface area contributed by atoms with Gasteiger partial charge in [-0.2, -0.15) is 0 Å². The fourth-order valence-corrected chi connectivity index (χ4v) is 3.19. The molecule has 0 atom stereocenters. The number of amidine groups is 1. The monoisotopic (exact) mass is 315 g/mol. The molecule has 1 aromatic carbocycles. The lowest BCUT2D eigenvalue weighted by molar-refractivity contribution is -0.115. The molecule has 1 fully saturated rings. The maximum absolute atomic E-state index is 11.9. The van der Waals surface area contributed by atoms with Gasteiger partial charge in [0.25, 0.3) is 5.91 Å². The number of aromatic nitrogens is 1. The molecule has 4 nitrogen and oxygen atoms in total. The third-order valence-electron chi connectivity index (χ3n) is 2.83. The Morgan fingerprint density at radius 3 is 2.67 bits per heavy atom. The maximum atomic E-state index is 11.9. The molecule has 3 rings (SSSR count). The van der Waals surface area contributed by atoms with Gasteiger partial charge in [-0.3, -0.25) is 4.79 Å². The Morgan fingerprint density at radius 1 is 1.24 bits per heavy atom. The van der Waals surface area contributed by atoms with Crippen LogP contribution in [-0.4, -0.2) is 16.1 Å². The molecule has 2 heterocycles. The van der Waals surface area contributed by atoms with Crippen molar-refractivity contribution in [1.29, 1.82) is 0 Å². The van der Waals surface area contributed by atoms with E-state index in [1.54, 1.807) is 17.4 Å². The van der Waals surface area contributed by atoms with Crippen LogP contribution in [0.2, 0.25) is 0 Å². The third kappa shape index (κ3) is 3.40. The van der Waals surface area contributed by atoms with Crippen LogP contribution in [-0.2, 0) is 4.79 Å². The number of hydrogen-bond donors (Lipinski definition) is 1. The van der Waals surface area contributed by atoms with E-state index in [-0.39, 0.29) is 5.91 Å². The summed E-state index contributed by atoms with van der Waals surface area (Å²) in [5.41, 5.74) is 2.82. The standard InChI is InChI=1S/C15H13N3OS2/c1-9-3-5-11(6-4-9)17-15-18-14(19)13(21-15)7-12-8-20-10(2)16-12/h3-8H,1-2H3,(H,17,18,19)/b13-7-. The predicted octanol–water partition coefficient (Wildman–Crippen LogP) is 3.65. The number of carbonyl (C=O) groups is 1. The zero-order valence-electron chi connectivity index (χ0n) is 11.6. The largest absolute Gasteiger partial charge is 0.300 e. The SMILES string of the molecule is Cc1ccc(N=C2NC(=O)/C(=C/c3csc(C)n3)S2)cc1. The van der Waals surface area contributed by atoms with Crippen LogP contribution in [0.15, 0.2) is 39.5 Å². The number of aliphatic imine (C=N–C) groups is 1. The smallest absolute Gasteiger partial charge is 0.264 e. The number of benzene rings is 1. The van der Waals surface area contributed by atoms with Crippen molar-refractivity contribution in [3.8, 4) is 0 Å². The van der Waals surface area contributed by atoms with Gasteiger partial charge in [0.1, 0.15) is 0 Å². The molecule has 106 valence electrons. The summed E-state index contributed by atoms with van der Waals surface area (Å²) in [6, 6.07) is 7.85. The van der Waals surface area contributed by atoms with Gasteiger partial charge in [0, 0.05) is 5.38 Å². The molecular weight excluding hydrogens is 302 g/mol. The molecular formula is C15H13N3OS2. The van der Waals surface area contributed by atoms with Crippen molar-refractivity contribution in [2.45, 2.75) is 13.8 Å². The van der Waals surface area contributed by atoms with Crippen molar-refractivity contribution < 1.29 is 4.79 Å². The molecule has 1 amide bonds. The Balaban J connectivity index is 1.81. The lowest BCUT2D eigenvalue weighted by atomic mass is 10.2. The molecule has 1 aliphatic rings. The first-order valence-corrected chi connectivity index (χ1v) is 8.08. The first kappa shape index (κ1) is 14.0. The average Bonchev–Trinajstić information content (AvgIpc) is 3.00. The van der Waals surface area contributed by atoms with Gasteiger partial charge in [0.15, 0.2) is 5.17 Å². The van der Waals surface area contributed by atoms with Crippen LogP contribution in [0.5, 0.6) is 0 Å². The Labute approximate surface area is 131 Å². The van der Waals surface area contributed by atoms with E-state index in [4.69, 9.17) is 0 Å². The number of hydrogen-bond acceptors (Lipinski definition) is 5. The number of amides is 1. The first-order chi connectivity index (χ1) is 10.1. The fourth-order valence-electron chi connectivity index (χ4n) is 1.80. The summed E-state index contributed by atoms with van der Waals surface area (Å²) in [5, 5.41) is 6.30. The van der Waals surface area contributed by atoms with Crippen molar-refractivity contribution >= 4 is 45.9 Å². The summed E-state index contributed by atoms with van der Waals surface area (Å²) < 4.78 is 0. The number of carbonyl (C=O) groups excluding carboxylic acids is 1. The number of nitrogens with one attached hydrogen (secondary N) is 1. The number of aryl methyl sites for hydroxylation is 2. The van der Waals surface area contributed by atoms with E-state index in [2.05, 4.69) is 15.3 Å². The van der Waals surface area contributed by atoms with Crippen LogP contribution < -0.4 is 5.32 Å². The first-order valence-electron chi connectivity index (χ1n) is 6.38. The van der Waals surface area contributed by atoms with Gasteiger partial charge in [-0.25, -0.2) is 9.98 Å². The van der Waals surface area contributed by atoms with E-state index < -0.39 is 0 Å². The number of nitrogens with zero attached hydrogens (tertiary/aromatic N) is 2. The van der Waals surface area contributed by atoms with Gasteiger partial charge in [-0.15, -0.1) is 11.3 Å². The summed E-state index contributed by atoms with van der Waals surface area (Å²) in [4.78, 5) is 21.3. The lowest BCUT2D eigenvalue weighted by Gasteiger charge is -1.96. The molecule has 0 saturated carbocycles. The minimum Gasteiger partial charge on any atom is -0.300 e. The Hall–Kier alpha value is -1.92. The Bertz CT molecular complexity index is 745. The lowest BCUT2D eigenvalue weighted by Crippen LogP contribution is -2.19. The highest BCUT2D eigenvalue weighted by Gasteiger charge is 2.24. The minimum atomic E-state index is -0.128. The topological polar surface area (TPSA) is 54.4 Å². The van der Waals surface area contributed by atoms with Crippen LogP contribution in [0, 0.1) is 13.8 Å². The van der Waals surface area contributed by atoms with Crippen LogP contribution in [0.3, 0.4) is 0 Å². The van der Waals surface area contributed by atoms with Gasteiger partial charge >= 0.3 is 0 Å². The summed E-state index contributed by atoms with van der Waals surface area (Å²) >= 11 is 2.90. The molecule has 6 heteroatoms.